The van der Waals surface area contributed by atoms with E-state index in [0.29, 0.717) is 22.2 Å². The number of benzene rings is 2. The molecule has 2 aromatic carbocycles. The van der Waals surface area contributed by atoms with Gasteiger partial charge in [0.25, 0.3) is 0 Å². The van der Waals surface area contributed by atoms with Crippen LogP contribution in [0.1, 0.15) is 35.1 Å². The van der Waals surface area contributed by atoms with Gasteiger partial charge in [0, 0.05) is 10.9 Å². The highest BCUT2D eigenvalue weighted by atomic mass is 35.5. The lowest BCUT2D eigenvalue weighted by molar-refractivity contribution is -0.138. The summed E-state index contributed by atoms with van der Waals surface area (Å²) in [5, 5.41) is 4.16. The van der Waals surface area contributed by atoms with E-state index in [2.05, 4.69) is 5.32 Å². The standard InChI is InChI=1S/C19H14Cl2F3N/c20-11-4-1-3-10(9-11)17-13-6-2-5-12(13)16-14(19(22,23)24)7-8-15(21)18(16)25-17/h1-5,7-9,12-13,17,25H,6H2/t12-,13+,17-/m1/s1. The smallest absolute Gasteiger partial charge is 0.376 e. The highest BCUT2D eigenvalue weighted by Crippen LogP contribution is 2.54. The van der Waals surface area contributed by atoms with Gasteiger partial charge in [-0.3, -0.25) is 0 Å². The van der Waals surface area contributed by atoms with Crippen molar-refractivity contribution in [3.8, 4) is 0 Å². The second kappa shape index (κ2) is 5.96. The number of anilines is 1. The maximum atomic E-state index is 13.5. The van der Waals surface area contributed by atoms with Crippen LogP contribution in [-0.2, 0) is 6.18 Å². The van der Waals surface area contributed by atoms with Crippen LogP contribution in [0.25, 0.3) is 0 Å². The summed E-state index contributed by atoms with van der Waals surface area (Å²) in [6.45, 7) is 0. The molecule has 2 aliphatic rings. The van der Waals surface area contributed by atoms with Crippen LogP contribution >= 0.6 is 23.2 Å². The number of allylic oxidation sites excluding steroid dienone is 2. The minimum atomic E-state index is -4.42. The predicted octanol–water partition coefficient (Wildman–Crippen LogP) is 6.84. The minimum absolute atomic E-state index is 0.00877. The van der Waals surface area contributed by atoms with Gasteiger partial charge in [-0.25, -0.2) is 0 Å². The van der Waals surface area contributed by atoms with E-state index in [4.69, 9.17) is 23.2 Å². The molecule has 0 saturated carbocycles. The zero-order chi connectivity index (χ0) is 17.8. The fourth-order valence-electron chi connectivity index (χ4n) is 3.95. The van der Waals surface area contributed by atoms with Crippen LogP contribution < -0.4 is 5.32 Å². The van der Waals surface area contributed by atoms with E-state index in [1.54, 1.807) is 6.07 Å². The number of fused-ring (bicyclic) bond motifs is 3. The van der Waals surface area contributed by atoms with Gasteiger partial charge in [0.1, 0.15) is 0 Å². The monoisotopic (exact) mass is 383 g/mol. The van der Waals surface area contributed by atoms with Crippen LogP contribution in [0.5, 0.6) is 0 Å². The number of halogens is 5. The van der Waals surface area contributed by atoms with Gasteiger partial charge in [-0.15, -0.1) is 0 Å². The third kappa shape index (κ3) is 2.81. The van der Waals surface area contributed by atoms with Gasteiger partial charge in [0.15, 0.2) is 0 Å². The van der Waals surface area contributed by atoms with Crippen molar-refractivity contribution in [1.29, 1.82) is 0 Å². The molecule has 1 N–H and O–H groups in total. The van der Waals surface area contributed by atoms with Gasteiger partial charge in [-0.2, -0.15) is 13.2 Å². The lowest BCUT2D eigenvalue weighted by atomic mass is 9.75. The van der Waals surface area contributed by atoms with Gasteiger partial charge in [-0.05, 0) is 47.7 Å². The maximum Gasteiger partial charge on any atom is 0.416 e. The fourth-order valence-corrected chi connectivity index (χ4v) is 4.37. The van der Waals surface area contributed by atoms with Crippen LogP contribution in [-0.4, -0.2) is 0 Å². The molecule has 0 fully saturated rings. The topological polar surface area (TPSA) is 12.0 Å². The lowest BCUT2D eigenvalue weighted by Gasteiger charge is -2.39. The van der Waals surface area contributed by atoms with Crippen molar-refractivity contribution < 1.29 is 13.2 Å². The number of alkyl halides is 3. The number of nitrogens with one attached hydrogen (secondary N) is 1. The Morgan fingerprint density at radius 3 is 2.60 bits per heavy atom. The Labute approximate surface area is 153 Å². The van der Waals surface area contributed by atoms with Gasteiger partial charge in [0.05, 0.1) is 22.3 Å². The second-order valence-electron chi connectivity index (χ2n) is 6.41. The molecule has 0 saturated heterocycles. The molecule has 130 valence electrons. The average molecular weight is 384 g/mol. The Balaban J connectivity index is 1.88. The summed E-state index contributed by atoms with van der Waals surface area (Å²) in [4.78, 5) is 0. The molecule has 2 aromatic rings. The maximum absolute atomic E-state index is 13.5. The summed E-state index contributed by atoms with van der Waals surface area (Å²) in [6, 6.07) is 9.65. The van der Waals surface area contributed by atoms with Crippen LogP contribution in [0.3, 0.4) is 0 Å². The molecular weight excluding hydrogens is 370 g/mol. The Morgan fingerprint density at radius 1 is 1.08 bits per heavy atom. The normalized spacial score (nSPS) is 24.6. The molecule has 1 aliphatic heterocycles. The van der Waals surface area contributed by atoms with E-state index in [1.165, 1.54) is 6.07 Å². The minimum Gasteiger partial charge on any atom is -0.376 e. The summed E-state index contributed by atoms with van der Waals surface area (Å²) in [7, 11) is 0. The first-order valence-electron chi connectivity index (χ1n) is 7.94. The van der Waals surface area contributed by atoms with E-state index in [-0.39, 0.29) is 23.4 Å². The number of hydrogen-bond donors (Lipinski definition) is 1. The zero-order valence-electron chi connectivity index (χ0n) is 12.9. The molecule has 0 amide bonds. The highest BCUT2D eigenvalue weighted by Gasteiger charge is 2.44. The van der Waals surface area contributed by atoms with E-state index in [0.717, 1.165) is 11.6 Å². The van der Waals surface area contributed by atoms with Gasteiger partial charge < -0.3 is 5.32 Å². The highest BCUT2D eigenvalue weighted by molar-refractivity contribution is 6.33. The third-order valence-electron chi connectivity index (χ3n) is 4.98. The summed E-state index contributed by atoms with van der Waals surface area (Å²) in [5.74, 6) is -0.332. The van der Waals surface area contributed by atoms with E-state index < -0.39 is 11.7 Å². The Morgan fingerprint density at radius 2 is 1.88 bits per heavy atom. The second-order valence-corrected chi connectivity index (χ2v) is 7.26. The number of hydrogen-bond acceptors (Lipinski definition) is 1. The van der Waals surface area contributed by atoms with Crippen molar-refractivity contribution in [2.45, 2.75) is 24.6 Å². The molecule has 25 heavy (non-hydrogen) atoms. The first-order valence-corrected chi connectivity index (χ1v) is 8.70. The third-order valence-corrected chi connectivity index (χ3v) is 5.53. The molecule has 6 heteroatoms. The molecular formula is C19H14Cl2F3N. The van der Waals surface area contributed by atoms with Crippen molar-refractivity contribution in [3.05, 3.63) is 75.3 Å². The molecule has 0 radical (unpaired) electrons. The van der Waals surface area contributed by atoms with Crippen molar-refractivity contribution in [2.75, 3.05) is 5.32 Å². The van der Waals surface area contributed by atoms with Crippen LogP contribution in [0.2, 0.25) is 10.0 Å². The van der Waals surface area contributed by atoms with Crippen molar-refractivity contribution in [3.63, 3.8) is 0 Å². The molecule has 0 unspecified atom stereocenters. The van der Waals surface area contributed by atoms with Crippen molar-refractivity contribution in [2.24, 2.45) is 5.92 Å². The average Bonchev–Trinajstić information content (AvgIpc) is 3.03. The van der Waals surface area contributed by atoms with E-state index >= 15 is 0 Å². The summed E-state index contributed by atoms with van der Waals surface area (Å²) >= 11 is 12.4. The quantitative estimate of drug-likeness (QED) is 0.531. The summed E-state index contributed by atoms with van der Waals surface area (Å²) in [5.41, 5.74) is 0.946. The molecule has 4 rings (SSSR count). The van der Waals surface area contributed by atoms with Gasteiger partial charge >= 0.3 is 6.18 Å². The lowest BCUT2D eigenvalue weighted by Crippen LogP contribution is -2.31. The van der Waals surface area contributed by atoms with E-state index in [1.807, 2.05) is 30.4 Å². The molecule has 0 aromatic heterocycles. The van der Waals surface area contributed by atoms with Gasteiger partial charge in [-0.1, -0.05) is 47.5 Å². The van der Waals surface area contributed by atoms with Crippen LogP contribution in [0.15, 0.2) is 48.6 Å². The largest absolute Gasteiger partial charge is 0.416 e. The first-order chi connectivity index (χ1) is 11.9. The molecule has 0 bridgehead atoms. The Bertz CT molecular complexity index is 860. The molecule has 3 atom stereocenters. The zero-order valence-corrected chi connectivity index (χ0v) is 14.5. The molecule has 1 nitrogen and oxygen atoms in total. The van der Waals surface area contributed by atoms with Gasteiger partial charge in [0.2, 0.25) is 0 Å². The van der Waals surface area contributed by atoms with Crippen molar-refractivity contribution >= 4 is 28.9 Å². The van der Waals surface area contributed by atoms with E-state index in [9.17, 15) is 13.2 Å². The summed E-state index contributed by atoms with van der Waals surface area (Å²) < 4.78 is 40.6. The van der Waals surface area contributed by atoms with Crippen molar-refractivity contribution in [1.82, 2.24) is 0 Å². The molecule has 1 heterocycles. The molecule has 0 spiro atoms. The number of rotatable bonds is 1. The SMILES string of the molecule is FC(F)(F)c1ccc(Cl)c2c1[C@@H]1C=CC[C@@H]1[C@@H](c1cccc(Cl)c1)N2. The Kier molecular flexibility index (Phi) is 4.00. The van der Waals surface area contributed by atoms with Crippen LogP contribution in [0, 0.1) is 5.92 Å². The summed E-state index contributed by atoms with van der Waals surface area (Å²) in [6.07, 6.45) is 0.108. The van der Waals surface area contributed by atoms with Crippen LogP contribution in [0.4, 0.5) is 18.9 Å². The molecule has 1 aliphatic carbocycles. The fraction of sp³-hybridized carbons (Fsp3) is 0.263. The Hall–Kier alpha value is -1.65. The predicted molar refractivity (Wildman–Crippen MR) is 94.3 cm³/mol. The first kappa shape index (κ1) is 16.8.